The van der Waals surface area contributed by atoms with Crippen LogP contribution in [-0.4, -0.2) is 16.0 Å². The quantitative estimate of drug-likeness (QED) is 0.690. The van der Waals surface area contributed by atoms with Gasteiger partial charge in [0.1, 0.15) is 5.82 Å². The van der Waals surface area contributed by atoms with Crippen molar-refractivity contribution < 1.29 is 9.90 Å². The van der Waals surface area contributed by atoms with E-state index in [0.29, 0.717) is 11.4 Å². The molecule has 1 amide bonds. The van der Waals surface area contributed by atoms with Crippen molar-refractivity contribution in [1.82, 2.24) is 4.98 Å². The molecular formula is C13H11N3O2S2. The Kier molecular flexibility index (Phi) is 3.17. The lowest BCUT2D eigenvalue weighted by molar-refractivity contribution is 0.100. The average molecular weight is 305 g/mol. The minimum Gasteiger partial charge on any atom is -0.392 e. The molecule has 0 unspecified atom stereocenters. The van der Waals surface area contributed by atoms with Crippen molar-refractivity contribution in [2.75, 3.05) is 5.73 Å². The second-order valence-electron chi connectivity index (χ2n) is 4.25. The lowest BCUT2D eigenvalue weighted by atomic mass is 10.2. The second-order valence-corrected chi connectivity index (χ2v) is 6.22. The number of fused-ring (bicyclic) bond motifs is 1. The first-order chi connectivity index (χ1) is 9.60. The summed E-state index contributed by atoms with van der Waals surface area (Å²) in [5, 5.41) is 11.8. The Bertz CT molecular complexity index is 807. The third kappa shape index (κ3) is 2.05. The molecule has 0 saturated heterocycles. The number of carbonyl (C=O) groups is 1. The Labute approximate surface area is 122 Å². The lowest BCUT2D eigenvalue weighted by Gasteiger charge is -1.99. The topological polar surface area (TPSA) is 102 Å². The van der Waals surface area contributed by atoms with Gasteiger partial charge in [0.2, 0.25) is 0 Å². The number of aromatic nitrogens is 1. The Morgan fingerprint density at radius 3 is 2.80 bits per heavy atom. The number of amides is 1. The number of aliphatic hydroxyl groups is 1. The molecule has 0 atom stereocenters. The molecule has 3 rings (SSSR count). The molecule has 0 aliphatic rings. The van der Waals surface area contributed by atoms with Crippen LogP contribution in [0.3, 0.4) is 0 Å². The number of aliphatic hydroxyl groups excluding tert-OH is 1. The third-order valence-electron chi connectivity index (χ3n) is 2.93. The summed E-state index contributed by atoms with van der Waals surface area (Å²) >= 11 is 2.99. The first-order valence-corrected chi connectivity index (χ1v) is 7.46. The molecule has 5 nitrogen and oxygen atoms in total. The van der Waals surface area contributed by atoms with Crippen LogP contribution in [0.4, 0.5) is 5.82 Å². The van der Waals surface area contributed by atoms with Crippen LogP contribution in [0.5, 0.6) is 0 Å². The Balaban J connectivity index is 2.21. The SMILES string of the molecule is NC(=O)c1cnc(N)c2cc(-c3cc(CO)cs3)sc12. The molecule has 0 spiro atoms. The fourth-order valence-electron chi connectivity index (χ4n) is 1.93. The van der Waals surface area contributed by atoms with Crippen LogP contribution in [0.25, 0.3) is 19.8 Å². The van der Waals surface area contributed by atoms with E-state index < -0.39 is 5.91 Å². The average Bonchev–Trinajstić information content (AvgIpc) is 3.05. The fraction of sp³-hybridized carbons (Fsp3) is 0.0769. The van der Waals surface area contributed by atoms with Crippen LogP contribution in [0.2, 0.25) is 0 Å². The van der Waals surface area contributed by atoms with Crippen LogP contribution < -0.4 is 11.5 Å². The summed E-state index contributed by atoms with van der Waals surface area (Å²) < 4.78 is 0.749. The number of pyridine rings is 1. The highest BCUT2D eigenvalue weighted by Gasteiger charge is 2.15. The number of nitrogen functional groups attached to an aromatic ring is 1. The summed E-state index contributed by atoms with van der Waals surface area (Å²) in [7, 11) is 0. The van der Waals surface area contributed by atoms with Crippen molar-refractivity contribution in [3.63, 3.8) is 0 Å². The van der Waals surface area contributed by atoms with E-state index in [1.165, 1.54) is 28.9 Å². The number of hydrogen-bond acceptors (Lipinski definition) is 6. The number of anilines is 1. The molecule has 20 heavy (non-hydrogen) atoms. The lowest BCUT2D eigenvalue weighted by Crippen LogP contribution is -2.11. The minimum atomic E-state index is -0.516. The van der Waals surface area contributed by atoms with Crippen LogP contribution >= 0.6 is 22.7 Å². The third-order valence-corrected chi connectivity index (χ3v) is 5.27. The van der Waals surface area contributed by atoms with E-state index in [2.05, 4.69) is 4.98 Å². The Hall–Kier alpha value is -1.96. The predicted octanol–water partition coefficient (Wildman–Crippen LogP) is 2.20. The number of carbonyl (C=O) groups excluding carboxylic acids is 1. The minimum absolute atomic E-state index is 0.0115. The summed E-state index contributed by atoms with van der Waals surface area (Å²) in [5.74, 6) is -0.135. The molecule has 0 aliphatic carbocycles. The molecule has 0 radical (unpaired) electrons. The summed E-state index contributed by atoms with van der Waals surface area (Å²) in [4.78, 5) is 17.4. The van der Waals surface area contributed by atoms with E-state index in [1.807, 2.05) is 17.5 Å². The number of rotatable bonds is 3. The largest absolute Gasteiger partial charge is 0.392 e. The van der Waals surface area contributed by atoms with E-state index in [-0.39, 0.29) is 6.61 Å². The zero-order chi connectivity index (χ0) is 14.3. The highest BCUT2D eigenvalue weighted by Crippen LogP contribution is 2.39. The van der Waals surface area contributed by atoms with Gasteiger partial charge in [-0.3, -0.25) is 4.79 Å². The molecule has 0 aromatic carbocycles. The number of thiophene rings is 2. The maximum atomic E-state index is 11.4. The van der Waals surface area contributed by atoms with Gasteiger partial charge in [0.15, 0.2) is 0 Å². The van der Waals surface area contributed by atoms with Gasteiger partial charge in [-0.2, -0.15) is 0 Å². The van der Waals surface area contributed by atoms with Crippen LogP contribution in [0.15, 0.2) is 23.7 Å². The number of nitrogens with two attached hydrogens (primary N) is 2. The van der Waals surface area contributed by atoms with Crippen LogP contribution in [0.1, 0.15) is 15.9 Å². The highest BCUT2D eigenvalue weighted by atomic mass is 32.1. The zero-order valence-electron chi connectivity index (χ0n) is 10.3. The standard InChI is InChI=1S/C13H11N3O2S2/c14-12-7-2-10(9-1-6(4-17)5-19-9)20-11(7)8(3-16-12)13(15)18/h1-3,5,17H,4H2,(H2,14,16)(H2,15,18). The van der Waals surface area contributed by atoms with E-state index in [0.717, 1.165) is 25.4 Å². The van der Waals surface area contributed by atoms with Crippen LogP contribution in [-0.2, 0) is 6.61 Å². The number of hydrogen-bond donors (Lipinski definition) is 3. The van der Waals surface area contributed by atoms with Crippen LogP contribution in [0, 0.1) is 0 Å². The first kappa shape index (κ1) is 13.0. The van der Waals surface area contributed by atoms with Gasteiger partial charge in [-0.25, -0.2) is 4.98 Å². The summed E-state index contributed by atoms with van der Waals surface area (Å²) in [6.45, 7) is 0.0115. The molecule has 0 bridgehead atoms. The Morgan fingerprint density at radius 2 is 2.15 bits per heavy atom. The molecule has 3 heterocycles. The van der Waals surface area contributed by atoms with Crippen molar-refractivity contribution in [2.24, 2.45) is 5.73 Å². The monoisotopic (exact) mass is 305 g/mol. The molecule has 0 fully saturated rings. The predicted molar refractivity (Wildman–Crippen MR) is 81.8 cm³/mol. The molecule has 3 aromatic heterocycles. The van der Waals surface area contributed by atoms with E-state index in [9.17, 15) is 4.79 Å². The first-order valence-electron chi connectivity index (χ1n) is 5.76. The smallest absolute Gasteiger partial charge is 0.251 e. The van der Waals surface area contributed by atoms with Gasteiger partial charge >= 0.3 is 0 Å². The summed E-state index contributed by atoms with van der Waals surface area (Å²) in [6, 6.07) is 3.82. The van der Waals surface area contributed by atoms with Gasteiger partial charge in [0.25, 0.3) is 5.91 Å². The van der Waals surface area contributed by atoms with Crippen molar-refractivity contribution in [3.05, 3.63) is 34.8 Å². The number of nitrogens with zero attached hydrogens (tertiary/aromatic N) is 1. The maximum Gasteiger partial charge on any atom is 0.251 e. The fourth-order valence-corrected chi connectivity index (χ4v) is 4.11. The van der Waals surface area contributed by atoms with Crippen molar-refractivity contribution in [1.29, 1.82) is 0 Å². The van der Waals surface area contributed by atoms with Gasteiger partial charge in [0.05, 0.1) is 16.9 Å². The molecule has 5 N–H and O–H groups in total. The summed E-state index contributed by atoms with van der Waals surface area (Å²) in [6.07, 6.45) is 1.41. The van der Waals surface area contributed by atoms with Gasteiger partial charge in [-0.15, -0.1) is 22.7 Å². The van der Waals surface area contributed by atoms with Crippen molar-refractivity contribution in [2.45, 2.75) is 6.61 Å². The maximum absolute atomic E-state index is 11.4. The normalized spacial score (nSPS) is 11.1. The van der Waals surface area contributed by atoms with Gasteiger partial charge < -0.3 is 16.6 Å². The molecule has 0 saturated carbocycles. The highest BCUT2D eigenvalue weighted by molar-refractivity contribution is 7.26. The molecule has 0 aliphatic heterocycles. The zero-order valence-corrected chi connectivity index (χ0v) is 11.9. The molecular weight excluding hydrogens is 294 g/mol. The van der Waals surface area contributed by atoms with Gasteiger partial charge in [-0.05, 0) is 23.1 Å². The van der Waals surface area contributed by atoms with Crippen molar-refractivity contribution in [3.8, 4) is 9.75 Å². The van der Waals surface area contributed by atoms with Gasteiger partial charge in [-0.1, -0.05) is 0 Å². The van der Waals surface area contributed by atoms with E-state index in [4.69, 9.17) is 16.6 Å². The Morgan fingerprint density at radius 1 is 1.35 bits per heavy atom. The second kappa shape index (κ2) is 4.86. The van der Waals surface area contributed by atoms with Gasteiger partial charge in [0, 0.05) is 21.3 Å². The van der Waals surface area contributed by atoms with E-state index >= 15 is 0 Å². The molecule has 3 aromatic rings. The summed E-state index contributed by atoms with van der Waals surface area (Å²) in [5.41, 5.74) is 12.5. The molecule has 102 valence electrons. The van der Waals surface area contributed by atoms with E-state index in [1.54, 1.807) is 0 Å². The molecule has 7 heteroatoms. The number of primary amides is 1. The van der Waals surface area contributed by atoms with Crippen molar-refractivity contribution >= 4 is 44.5 Å².